The molecule has 0 spiro atoms. The molecule has 1 heterocycles. The quantitative estimate of drug-likeness (QED) is 0.619. The molecule has 0 radical (unpaired) electrons. The van der Waals surface area contributed by atoms with Gasteiger partial charge >= 0.3 is 5.97 Å². The first-order chi connectivity index (χ1) is 12.5. The smallest absolute Gasteiger partial charge is 0.303 e. The van der Waals surface area contributed by atoms with Gasteiger partial charge in [-0.05, 0) is 36.6 Å². The maximum atomic E-state index is 10.8. The first kappa shape index (κ1) is 17.8. The van der Waals surface area contributed by atoms with Gasteiger partial charge in [-0.15, -0.1) is 0 Å². The minimum Gasteiger partial charge on any atom is -0.489 e. The van der Waals surface area contributed by atoms with Crippen molar-refractivity contribution in [2.45, 2.75) is 32.8 Å². The molecule has 0 bridgehead atoms. The Morgan fingerprint density at radius 2 is 1.81 bits per heavy atom. The second-order valence-corrected chi connectivity index (χ2v) is 6.41. The lowest BCUT2D eigenvalue weighted by atomic mass is 9.98. The molecular weight excluding hydrogens is 328 g/mol. The lowest BCUT2D eigenvalue weighted by molar-refractivity contribution is -0.137. The predicted molar refractivity (Wildman–Crippen MR) is 100 cm³/mol. The van der Waals surface area contributed by atoms with E-state index < -0.39 is 5.97 Å². The van der Waals surface area contributed by atoms with Crippen molar-refractivity contribution in [1.82, 2.24) is 0 Å². The molecule has 2 aromatic carbocycles. The molecule has 0 saturated heterocycles. The lowest BCUT2D eigenvalue weighted by Gasteiger charge is -2.10. The third kappa shape index (κ3) is 4.33. The van der Waals surface area contributed by atoms with Crippen LogP contribution in [0.4, 0.5) is 0 Å². The normalized spacial score (nSPS) is 11.9. The molecule has 0 aliphatic carbocycles. The number of hydrogen-bond acceptors (Lipinski definition) is 3. The number of benzene rings is 2. The van der Waals surface area contributed by atoms with E-state index >= 15 is 0 Å². The summed E-state index contributed by atoms with van der Waals surface area (Å²) in [4.78, 5) is 10.8. The molecular formula is C22H22O4. The van der Waals surface area contributed by atoms with Gasteiger partial charge in [-0.25, -0.2) is 0 Å². The average molecular weight is 350 g/mol. The Kier molecular flexibility index (Phi) is 5.42. The number of furan rings is 1. The van der Waals surface area contributed by atoms with Crippen molar-refractivity contribution in [3.63, 3.8) is 0 Å². The van der Waals surface area contributed by atoms with Crippen molar-refractivity contribution in [2.24, 2.45) is 0 Å². The van der Waals surface area contributed by atoms with Gasteiger partial charge in [-0.1, -0.05) is 49.4 Å². The van der Waals surface area contributed by atoms with Gasteiger partial charge in [0.1, 0.15) is 23.9 Å². The van der Waals surface area contributed by atoms with E-state index in [4.69, 9.17) is 14.3 Å². The molecule has 26 heavy (non-hydrogen) atoms. The number of rotatable bonds is 7. The highest BCUT2D eigenvalue weighted by molar-refractivity contribution is 5.68. The number of hydrogen-bond donors (Lipinski definition) is 1. The molecule has 0 aliphatic heterocycles. The minimum absolute atomic E-state index is 0.0221. The number of ether oxygens (including phenoxy) is 1. The van der Waals surface area contributed by atoms with Gasteiger partial charge in [0.15, 0.2) is 0 Å². The van der Waals surface area contributed by atoms with E-state index in [1.54, 1.807) is 0 Å². The summed E-state index contributed by atoms with van der Waals surface area (Å²) in [5, 5.41) is 8.89. The molecule has 134 valence electrons. The van der Waals surface area contributed by atoms with Crippen LogP contribution in [0.15, 0.2) is 65.1 Å². The Bertz CT molecular complexity index is 863. The summed E-state index contributed by atoms with van der Waals surface area (Å²) >= 11 is 0. The second-order valence-electron chi connectivity index (χ2n) is 6.41. The van der Waals surface area contributed by atoms with Crippen LogP contribution in [0.5, 0.6) is 5.75 Å². The van der Waals surface area contributed by atoms with E-state index in [1.165, 1.54) is 0 Å². The van der Waals surface area contributed by atoms with E-state index in [0.29, 0.717) is 6.61 Å². The fourth-order valence-corrected chi connectivity index (χ4v) is 2.84. The van der Waals surface area contributed by atoms with Crippen LogP contribution < -0.4 is 4.74 Å². The summed E-state index contributed by atoms with van der Waals surface area (Å²) in [5.74, 6) is 1.61. The predicted octanol–water partition coefficient (Wildman–Crippen LogP) is 5.41. The highest BCUT2D eigenvalue weighted by Crippen LogP contribution is 2.27. The fourth-order valence-electron chi connectivity index (χ4n) is 2.84. The summed E-state index contributed by atoms with van der Waals surface area (Å²) in [6, 6.07) is 19.6. The van der Waals surface area contributed by atoms with Crippen molar-refractivity contribution in [1.29, 1.82) is 0 Å². The molecule has 0 amide bonds. The van der Waals surface area contributed by atoms with Gasteiger partial charge in [-0.2, -0.15) is 0 Å². The monoisotopic (exact) mass is 350 g/mol. The minimum atomic E-state index is -0.789. The van der Waals surface area contributed by atoms with Crippen LogP contribution in [0.25, 0.3) is 11.3 Å². The van der Waals surface area contributed by atoms with Crippen molar-refractivity contribution >= 4 is 5.97 Å². The van der Waals surface area contributed by atoms with Gasteiger partial charge in [0.25, 0.3) is 0 Å². The summed E-state index contributed by atoms with van der Waals surface area (Å²) in [6.45, 7) is 4.26. The van der Waals surface area contributed by atoms with E-state index in [9.17, 15) is 4.79 Å². The molecule has 3 aromatic rings. The van der Waals surface area contributed by atoms with Crippen molar-refractivity contribution in [2.75, 3.05) is 0 Å². The highest BCUT2D eigenvalue weighted by Gasteiger charge is 2.12. The Morgan fingerprint density at radius 3 is 2.46 bits per heavy atom. The van der Waals surface area contributed by atoms with Crippen LogP contribution in [0, 0.1) is 6.92 Å². The Morgan fingerprint density at radius 1 is 1.12 bits per heavy atom. The lowest BCUT2D eigenvalue weighted by Crippen LogP contribution is -2.03. The molecule has 1 atom stereocenters. The standard InChI is InChI=1S/C22H22O4/c1-15(12-22(23)24)17-8-10-20(11-9-17)25-14-19-13-21(26-16(19)2)18-6-4-3-5-7-18/h3-11,13,15H,12,14H2,1-2H3,(H,23,24). The molecule has 0 aliphatic rings. The molecule has 0 saturated carbocycles. The SMILES string of the molecule is Cc1oc(-c2ccccc2)cc1COc1ccc(C(C)CC(=O)O)cc1. The third-order valence-corrected chi connectivity index (χ3v) is 4.40. The van der Waals surface area contributed by atoms with E-state index in [1.807, 2.05) is 74.5 Å². The Hall–Kier alpha value is -3.01. The van der Waals surface area contributed by atoms with Crippen LogP contribution >= 0.6 is 0 Å². The number of carboxylic acids is 1. The number of aryl methyl sites for hydroxylation is 1. The molecule has 4 nitrogen and oxygen atoms in total. The zero-order chi connectivity index (χ0) is 18.5. The Labute approximate surface area is 153 Å². The van der Waals surface area contributed by atoms with Crippen molar-refractivity contribution < 1.29 is 19.1 Å². The first-order valence-electron chi connectivity index (χ1n) is 8.62. The van der Waals surface area contributed by atoms with Gasteiger partial charge in [-0.3, -0.25) is 4.79 Å². The summed E-state index contributed by atoms with van der Waals surface area (Å²) < 4.78 is 11.7. The van der Waals surface area contributed by atoms with Crippen LogP contribution in [-0.2, 0) is 11.4 Å². The summed E-state index contributed by atoms with van der Waals surface area (Å²) in [7, 11) is 0. The topological polar surface area (TPSA) is 59.7 Å². The van der Waals surface area contributed by atoms with Gasteiger partial charge in [0.05, 0.1) is 6.42 Å². The van der Waals surface area contributed by atoms with Crippen LogP contribution in [-0.4, -0.2) is 11.1 Å². The molecule has 1 unspecified atom stereocenters. The molecule has 1 N–H and O–H groups in total. The molecule has 4 heteroatoms. The second kappa shape index (κ2) is 7.91. The zero-order valence-corrected chi connectivity index (χ0v) is 14.9. The summed E-state index contributed by atoms with van der Waals surface area (Å²) in [6.07, 6.45) is 0.122. The van der Waals surface area contributed by atoms with Gasteiger partial charge in [0.2, 0.25) is 0 Å². The van der Waals surface area contributed by atoms with Gasteiger partial charge in [0, 0.05) is 11.1 Å². The largest absolute Gasteiger partial charge is 0.489 e. The number of carboxylic acid groups (broad SMARTS) is 1. The van der Waals surface area contributed by atoms with E-state index in [-0.39, 0.29) is 12.3 Å². The van der Waals surface area contributed by atoms with Gasteiger partial charge < -0.3 is 14.3 Å². The zero-order valence-electron chi connectivity index (χ0n) is 14.9. The van der Waals surface area contributed by atoms with Crippen molar-refractivity contribution in [3.05, 3.63) is 77.6 Å². The van der Waals surface area contributed by atoms with Crippen LogP contribution in [0.2, 0.25) is 0 Å². The molecule has 3 rings (SSSR count). The molecule has 1 aromatic heterocycles. The van der Waals surface area contributed by atoms with Crippen LogP contribution in [0.1, 0.15) is 36.1 Å². The maximum Gasteiger partial charge on any atom is 0.303 e. The van der Waals surface area contributed by atoms with E-state index in [2.05, 4.69) is 0 Å². The fraction of sp³-hybridized carbons (Fsp3) is 0.227. The average Bonchev–Trinajstić information content (AvgIpc) is 3.01. The number of aliphatic carboxylic acids is 1. The molecule has 0 fully saturated rings. The summed E-state index contributed by atoms with van der Waals surface area (Å²) in [5.41, 5.74) is 3.04. The first-order valence-corrected chi connectivity index (χ1v) is 8.62. The van der Waals surface area contributed by atoms with E-state index in [0.717, 1.165) is 34.0 Å². The van der Waals surface area contributed by atoms with Crippen LogP contribution in [0.3, 0.4) is 0 Å². The number of carbonyl (C=O) groups is 1. The highest BCUT2D eigenvalue weighted by atomic mass is 16.5. The maximum absolute atomic E-state index is 10.8. The third-order valence-electron chi connectivity index (χ3n) is 4.40. The Balaban J connectivity index is 1.64. The van der Waals surface area contributed by atoms with Crippen molar-refractivity contribution in [3.8, 4) is 17.1 Å².